The quantitative estimate of drug-likeness (QED) is 0.618. The SMILES string of the molecule is CC(CN1CCOCC1)OC(=O)c1cc2c(cc1F)COB2O. The first-order chi connectivity index (χ1) is 11.0. The molecule has 124 valence electrons. The summed E-state index contributed by atoms with van der Waals surface area (Å²) < 4.78 is 29.7. The lowest BCUT2D eigenvalue weighted by Gasteiger charge is -2.28. The van der Waals surface area contributed by atoms with E-state index >= 15 is 0 Å². The van der Waals surface area contributed by atoms with Gasteiger partial charge in [-0.1, -0.05) is 0 Å². The highest BCUT2D eigenvalue weighted by Crippen LogP contribution is 2.17. The van der Waals surface area contributed by atoms with Crippen molar-refractivity contribution in [2.75, 3.05) is 32.8 Å². The second-order valence-electron chi connectivity index (χ2n) is 5.82. The average Bonchev–Trinajstić information content (AvgIpc) is 2.87. The third kappa shape index (κ3) is 3.72. The minimum absolute atomic E-state index is 0.135. The van der Waals surface area contributed by atoms with Crippen molar-refractivity contribution in [2.24, 2.45) is 0 Å². The van der Waals surface area contributed by atoms with E-state index in [1.807, 2.05) is 0 Å². The first-order valence-corrected chi connectivity index (χ1v) is 7.67. The molecule has 0 aliphatic carbocycles. The molecule has 1 saturated heterocycles. The summed E-state index contributed by atoms with van der Waals surface area (Å²) in [6.07, 6.45) is -0.366. The summed E-state index contributed by atoms with van der Waals surface area (Å²) in [6.45, 7) is 5.40. The fraction of sp³-hybridized carbons (Fsp3) is 0.533. The van der Waals surface area contributed by atoms with Crippen LogP contribution in [0.2, 0.25) is 0 Å². The molecular formula is C15H19BFNO5. The molecule has 1 aromatic rings. The number of carbonyl (C=O) groups excluding carboxylic acids is 1. The zero-order valence-electron chi connectivity index (χ0n) is 13.0. The molecular weight excluding hydrogens is 304 g/mol. The van der Waals surface area contributed by atoms with Crippen LogP contribution in [0.4, 0.5) is 4.39 Å². The Kier molecular flexibility index (Phi) is 4.96. The first-order valence-electron chi connectivity index (χ1n) is 7.67. The minimum Gasteiger partial charge on any atom is -0.458 e. The topological polar surface area (TPSA) is 68.2 Å². The molecule has 2 aliphatic heterocycles. The fourth-order valence-corrected chi connectivity index (χ4v) is 2.83. The number of hydrogen-bond acceptors (Lipinski definition) is 6. The Morgan fingerprint density at radius 2 is 2.22 bits per heavy atom. The molecule has 1 N–H and O–H groups in total. The summed E-state index contributed by atoms with van der Waals surface area (Å²) in [4.78, 5) is 14.3. The van der Waals surface area contributed by atoms with E-state index < -0.39 is 18.9 Å². The summed E-state index contributed by atoms with van der Waals surface area (Å²) in [5.41, 5.74) is 0.786. The van der Waals surface area contributed by atoms with Gasteiger partial charge in [-0.2, -0.15) is 0 Å². The molecule has 2 aliphatic rings. The van der Waals surface area contributed by atoms with Crippen molar-refractivity contribution in [3.05, 3.63) is 29.1 Å². The van der Waals surface area contributed by atoms with Gasteiger partial charge in [-0.3, -0.25) is 4.90 Å². The van der Waals surface area contributed by atoms with Crippen molar-refractivity contribution in [1.29, 1.82) is 0 Å². The van der Waals surface area contributed by atoms with Crippen LogP contribution < -0.4 is 5.46 Å². The van der Waals surface area contributed by atoms with Crippen LogP contribution in [0.25, 0.3) is 0 Å². The highest BCUT2D eigenvalue weighted by Gasteiger charge is 2.30. The minimum atomic E-state index is -1.12. The van der Waals surface area contributed by atoms with Crippen LogP contribution in [0.3, 0.4) is 0 Å². The van der Waals surface area contributed by atoms with E-state index in [4.69, 9.17) is 14.1 Å². The van der Waals surface area contributed by atoms with E-state index in [9.17, 15) is 14.2 Å². The maximum absolute atomic E-state index is 14.1. The number of nitrogens with zero attached hydrogens (tertiary/aromatic N) is 1. The van der Waals surface area contributed by atoms with Crippen molar-refractivity contribution in [3.8, 4) is 0 Å². The predicted molar refractivity (Wildman–Crippen MR) is 80.9 cm³/mol. The van der Waals surface area contributed by atoms with Crippen molar-refractivity contribution in [3.63, 3.8) is 0 Å². The van der Waals surface area contributed by atoms with Gasteiger partial charge in [0.25, 0.3) is 0 Å². The Labute approximate surface area is 134 Å². The summed E-state index contributed by atoms with van der Waals surface area (Å²) in [6, 6.07) is 2.53. The Bertz CT molecular complexity index is 593. The Balaban J connectivity index is 1.64. The van der Waals surface area contributed by atoms with Crippen LogP contribution in [0, 0.1) is 5.82 Å². The van der Waals surface area contributed by atoms with Gasteiger partial charge in [0.1, 0.15) is 11.9 Å². The van der Waals surface area contributed by atoms with Crippen molar-refractivity contribution in [1.82, 2.24) is 4.90 Å². The number of morpholine rings is 1. The van der Waals surface area contributed by atoms with Gasteiger partial charge < -0.3 is 19.2 Å². The molecule has 6 nitrogen and oxygen atoms in total. The van der Waals surface area contributed by atoms with E-state index in [1.165, 1.54) is 12.1 Å². The smallest absolute Gasteiger partial charge is 0.458 e. The Morgan fingerprint density at radius 1 is 1.48 bits per heavy atom. The highest BCUT2D eigenvalue weighted by atomic mass is 19.1. The molecule has 0 spiro atoms. The molecule has 8 heteroatoms. The van der Waals surface area contributed by atoms with Gasteiger partial charge in [-0.05, 0) is 30.1 Å². The van der Waals surface area contributed by atoms with Crippen LogP contribution in [0.5, 0.6) is 0 Å². The molecule has 23 heavy (non-hydrogen) atoms. The van der Waals surface area contributed by atoms with E-state index in [0.29, 0.717) is 30.8 Å². The summed E-state index contributed by atoms with van der Waals surface area (Å²) in [5, 5.41) is 9.66. The lowest BCUT2D eigenvalue weighted by atomic mass is 9.78. The standard InChI is InChI=1S/C15H19BFNO5/c1-10(8-18-2-4-21-5-3-18)23-15(19)12-7-13-11(6-14(12)17)9-22-16(13)20/h6-7,10,20H,2-5,8-9H2,1H3. The van der Waals surface area contributed by atoms with Gasteiger partial charge in [0, 0.05) is 19.6 Å². The number of ether oxygens (including phenoxy) is 2. The maximum Gasteiger partial charge on any atom is 0.491 e. The predicted octanol–water partition coefficient (Wildman–Crippen LogP) is -0.0791. The average molecular weight is 323 g/mol. The van der Waals surface area contributed by atoms with Gasteiger partial charge >= 0.3 is 13.1 Å². The Morgan fingerprint density at radius 3 is 2.96 bits per heavy atom. The van der Waals surface area contributed by atoms with Crippen LogP contribution in [0.15, 0.2) is 12.1 Å². The van der Waals surface area contributed by atoms with Crippen LogP contribution in [-0.4, -0.2) is 62.0 Å². The summed E-state index contributed by atoms with van der Waals surface area (Å²) >= 11 is 0. The highest BCUT2D eigenvalue weighted by molar-refractivity contribution is 6.61. The molecule has 2 heterocycles. The number of benzene rings is 1. The Hall–Kier alpha value is -1.48. The van der Waals surface area contributed by atoms with Gasteiger partial charge in [0.2, 0.25) is 0 Å². The van der Waals surface area contributed by atoms with E-state index in [2.05, 4.69) is 4.90 Å². The third-order valence-corrected chi connectivity index (χ3v) is 4.04. The van der Waals surface area contributed by atoms with Crippen molar-refractivity contribution in [2.45, 2.75) is 19.6 Å². The second kappa shape index (κ2) is 6.96. The molecule has 1 aromatic carbocycles. The van der Waals surface area contributed by atoms with E-state index in [1.54, 1.807) is 6.92 Å². The van der Waals surface area contributed by atoms with Gasteiger partial charge in [-0.25, -0.2) is 9.18 Å². The fourth-order valence-electron chi connectivity index (χ4n) is 2.83. The van der Waals surface area contributed by atoms with Crippen LogP contribution in [0.1, 0.15) is 22.8 Å². The zero-order valence-corrected chi connectivity index (χ0v) is 13.0. The summed E-state index contributed by atoms with van der Waals surface area (Å²) in [5.74, 6) is -1.39. The van der Waals surface area contributed by atoms with Gasteiger partial charge in [-0.15, -0.1) is 0 Å². The normalized spacial score (nSPS) is 19.5. The number of hydrogen-bond donors (Lipinski definition) is 1. The van der Waals surface area contributed by atoms with Crippen LogP contribution >= 0.6 is 0 Å². The molecule has 1 atom stereocenters. The molecule has 1 unspecified atom stereocenters. The lowest BCUT2D eigenvalue weighted by molar-refractivity contribution is 0.000217. The molecule has 0 radical (unpaired) electrons. The van der Waals surface area contributed by atoms with Gasteiger partial charge in [0.15, 0.2) is 0 Å². The molecule has 0 saturated carbocycles. The third-order valence-electron chi connectivity index (χ3n) is 4.04. The van der Waals surface area contributed by atoms with E-state index in [0.717, 1.165) is 13.1 Å². The largest absolute Gasteiger partial charge is 0.491 e. The number of carbonyl (C=O) groups is 1. The molecule has 0 bridgehead atoms. The van der Waals surface area contributed by atoms with Crippen LogP contribution in [-0.2, 0) is 20.7 Å². The molecule has 3 rings (SSSR count). The second-order valence-corrected chi connectivity index (χ2v) is 5.82. The number of rotatable bonds is 4. The first kappa shape index (κ1) is 16.4. The molecule has 0 amide bonds. The summed E-state index contributed by atoms with van der Waals surface area (Å²) in [7, 11) is -1.12. The monoisotopic (exact) mass is 323 g/mol. The van der Waals surface area contributed by atoms with E-state index in [-0.39, 0.29) is 18.3 Å². The molecule has 0 aromatic heterocycles. The number of fused-ring (bicyclic) bond motifs is 1. The number of halogens is 1. The van der Waals surface area contributed by atoms with Crippen molar-refractivity contribution < 1.29 is 28.3 Å². The zero-order chi connectivity index (χ0) is 16.4. The lowest BCUT2D eigenvalue weighted by Crippen LogP contribution is -2.41. The number of esters is 1. The maximum atomic E-state index is 14.1. The molecule has 1 fully saturated rings. The van der Waals surface area contributed by atoms with Crippen molar-refractivity contribution >= 4 is 18.6 Å². The van der Waals surface area contributed by atoms with Gasteiger partial charge in [0.05, 0.1) is 25.4 Å².